The summed E-state index contributed by atoms with van der Waals surface area (Å²) in [5.41, 5.74) is 7.43. The zero-order valence-electron chi connectivity index (χ0n) is 16.9. The summed E-state index contributed by atoms with van der Waals surface area (Å²) in [6, 6.07) is 13.3. The van der Waals surface area contributed by atoms with Gasteiger partial charge in [0, 0.05) is 37.9 Å². The summed E-state index contributed by atoms with van der Waals surface area (Å²) in [4.78, 5) is 7.42. The third kappa shape index (κ3) is 3.46. The van der Waals surface area contributed by atoms with Crippen molar-refractivity contribution in [3.8, 4) is 11.3 Å². The Morgan fingerprint density at radius 2 is 1.70 bits per heavy atom. The molecule has 4 heteroatoms. The van der Waals surface area contributed by atoms with Gasteiger partial charge in [-0.15, -0.1) is 0 Å². The minimum absolute atomic E-state index is 0.170. The molecule has 0 bridgehead atoms. The van der Waals surface area contributed by atoms with E-state index >= 15 is 0 Å². The fourth-order valence-electron chi connectivity index (χ4n) is 3.89. The van der Waals surface area contributed by atoms with E-state index in [0.29, 0.717) is 0 Å². The highest BCUT2D eigenvalue weighted by Gasteiger charge is 2.17. The molecule has 4 rings (SSSR count). The van der Waals surface area contributed by atoms with Crippen LogP contribution in [0.15, 0.2) is 42.6 Å². The SMILES string of the molecule is CCc1c(-c2ccc(C(C)(C)C)cc2)nc2ccc(N3CCNCC3)cn12. The lowest BCUT2D eigenvalue weighted by Crippen LogP contribution is -2.43. The molecule has 3 aromatic rings. The van der Waals surface area contributed by atoms with Crippen LogP contribution in [-0.4, -0.2) is 35.6 Å². The highest BCUT2D eigenvalue weighted by molar-refractivity contribution is 5.68. The van der Waals surface area contributed by atoms with Crippen molar-refractivity contribution in [2.45, 2.75) is 39.5 Å². The number of piperazine rings is 1. The second-order valence-electron chi connectivity index (χ2n) is 8.44. The molecule has 1 aliphatic heterocycles. The first-order valence-corrected chi connectivity index (χ1v) is 10.0. The Balaban J connectivity index is 1.75. The molecule has 27 heavy (non-hydrogen) atoms. The van der Waals surface area contributed by atoms with E-state index in [-0.39, 0.29) is 5.41 Å². The maximum atomic E-state index is 4.96. The van der Waals surface area contributed by atoms with Crippen LogP contribution in [0.4, 0.5) is 5.69 Å². The monoisotopic (exact) mass is 362 g/mol. The van der Waals surface area contributed by atoms with Gasteiger partial charge >= 0.3 is 0 Å². The largest absolute Gasteiger partial charge is 0.368 e. The van der Waals surface area contributed by atoms with E-state index in [0.717, 1.165) is 43.9 Å². The van der Waals surface area contributed by atoms with Crippen LogP contribution in [0.2, 0.25) is 0 Å². The molecule has 4 nitrogen and oxygen atoms in total. The molecule has 2 aromatic heterocycles. The number of aromatic nitrogens is 2. The Morgan fingerprint density at radius 3 is 2.33 bits per heavy atom. The fourth-order valence-corrected chi connectivity index (χ4v) is 3.89. The van der Waals surface area contributed by atoms with E-state index in [2.05, 4.69) is 84.9 Å². The van der Waals surface area contributed by atoms with Gasteiger partial charge in [0.1, 0.15) is 5.65 Å². The van der Waals surface area contributed by atoms with Gasteiger partial charge in [-0.25, -0.2) is 4.98 Å². The van der Waals surface area contributed by atoms with E-state index in [1.54, 1.807) is 0 Å². The van der Waals surface area contributed by atoms with E-state index in [9.17, 15) is 0 Å². The number of rotatable bonds is 3. The van der Waals surface area contributed by atoms with Crippen LogP contribution < -0.4 is 10.2 Å². The maximum absolute atomic E-state index is 4.96. The molecule has 1 fully saturated rings. The molecule has 142 valence electrons. The summed E-state index contributed by atoms with van der Waals surface area (Å²) in [5.74, 6) is 0. The highest BCUT2D eigenvalue weighted by atomic mass is 15.2. The summed E-state index contributed by atoms with van der Waals surface area (Å²) in [5, 5.41) is 3.42. The number of anilines is 1. The van der Waals surface area contributed by atoms with Gasteiger partial charge in [0.2, 0.25) is 0 Å². The summed E-state index contributed by atoms with van der Waals surface area (Å²) < 4.78 is 2.28. The zero-order chi connectivity index (χ0) is 19.0. The first kappa shape index (κ1) is 18.1. The molecular weight excluding hydrogens is 332 g/mol. The predicted octanol–water partition coefficient (Wildman–Crippen LogP) is 4.27. The third-order valence-corrected chi connectivity index (χ3v) is 5.54. The standard InChI is InChI=1S/C23H30N4/c1-5-20-22(17-6-8-18(9-7-17)23(2,3)4)25-21-11-10-19(16-27(20)21)26-14-12-24-13-15-26/h6-11,16,24H,5,12-15H2,1-4H3. The molecule has 0 spiro atoms. The van der Waals surface area contributed by atoms with Crippen molar-refractivity contribution in [1.29, 1.82) is 0 Å². The number of imidazole rings is 1. The van der Waals surface area contributed by atoms with Gasteiger partial charge in [0.05, 0.1) is 17.1 Å². The molecular formula is C23H30N4. The number of hydrogen-bond acceptors (Lipinski definition) is 3. The Labute approximate surface area is 162 Å². The third-order valence-electron chi connectivity index (χ3n) is 5.54. The second kappa shape index (κ2) is 7.01. The van der Waals surface area contributed by atoms with Gasteiger partial charge in [-0.05, 0) is 29.5 Å². The summed E-state index contributed by atoms with van der Waals surface area (Å²) in [6.45, 7) is 13.2. The van der Waals surface area contributed by atoms with Crippen LogP contribution in [0, 0.1) is 0 Å². The van der Waals surface area contributed by atoms with Gasteiger partial charge in [-0.3, -0.25) is 0 Å². The predicted molar refractivity (Wildman–Crippen MR) is 114 cm³/mol. The Bertz CT molecular complexity index is 925. The van der Waals surface area contributed by atoms with Crippen molar-refractivity contribution in [3.05, 3.63) is 53.9 Å². The number of nitrogens with one attached hydrogen (secondary N) is 1. The summed E-state index contributed by atoms with van der Waals surface area (Å²) >= 11 is 0. The Morgan fingerprint density at radius 1 is 1.00 bits per heavy atom. The Kier molecular flexibility index (Phi) is 4.68. The van der Waals surface area contributed by atoms with E-state index in [4.69, 9.17) is 4.98 Å². The lowest BCUT2D eigenvalue weighted by atomic mass is 9.86. The molecule has 1 aliphatic rings. The van der Waals surface area contributed by atoms with Crippen molar-refractivity contribution in [2.75, 3.05) is 31.1 Å². The topological polar surface area (TPSA) is 32.6 Å². The summed E-state index contributed by atoms with van der Waals surface area (Å²) in [6.07, 6.45) is 3.22. The molecule has 0 aliphatic carbocycles. The molecule has 1 saturated heterocycles. The lowest BCUT2D eigenvalue weighted by Gasteiger charge is -2.29. The van der Waals surface area contributed by atoms with Crippen LogP contribution in [0.5, 0.6) is 0 Å². The molecule has 0 amide bonds. The van der Waals surface area contributed by atoms with Crippen molar-refractivity contribution in [3.63, 3.8) is 0 Å². The second-order valence-corrected chi connectivity index (χ2v) is 8.44. The zero-order valence-corrected chi connectivity index (χ0v) is 16.9. The van der Waals surface area contributed by atoms with Gasteiger partial charge in [0.15, 0.2) is 0 Å². The normalized spacial score (nSPS) is 15.5. The molecule has 1 aromatic carbocycles. The fraction of sp³-hybridized carbons (Fsp3) is 0.435. The molecule has 3 heterocycles. The van der Waals surface area contributed by atoms with Crippen LogP contribution in [-0.2, 0) is 11.8 Å². The highest BCUT2D eigenvalue weighted by Crippen LogP contribution is 2.29. The number of benzene rings is 1. The van der Waals surface area contributed by atoms with Crippen LogP contribution >= 0.6 is 0 Å². The number of fused-ring (bicyclic) bond motifs is 1. The van der Waals surface area contributed by atoms with Gasteiger partial charge in [-0.1, -0.05) is 52.0 Å². The molecule has 1 N–H and O–H groups in total. The average molecular weight is 363 g/mol. The lowest BCUT2D eigenvalue weighted by molar-refractivity contribution is 0.588. The van der Waals surface area contributed by atoms with Gasteiger partial charge in [0.25, 0.3) is 0 Å². The summed E-state index contributed by atoms with van der Waals surface area (Å²) in [7, 11) is 0. The van der Waals surface area contributed by atoms with Gasteiger partial charge < -0.3 is 14.6 Å². The minimum atomic E-state index is 0.170. The molecule has 0 unspecified atom stereocenters. The van der Waals surface area contributed by atoms with Crippen LogP contribution in [0.3, 0.4) is 0 Å². The molecule has 0 atom stereocenters. The van der Waals surface area contributed by atoms with Crippen LogP contribution in [0.25, 0.3) is 16.9 Å². The number of hydrogen-bond donors (Lipinski definition) is 1. The van der Waals surface area contributed by atoms with Crippen molar-refractivity contribution < 1.29 is 0 Å². The quantitative estimate of drug-likeness (QED) is 0.755. The number of aryl methyl sites for hydroxylation is 1. The number of pyridine rings is 1. The van der Waals surface area contributed by atoms with Crippen molar-refractivity contribution >= 4 is 11.3 Å². The molecule has 0 radical (unpaired) electrons. The van der Waals surface area contributed by atoms with E-state index in [1.165, 1.54) is 22.5 Å². The Hall–Kier alpha value is -2.33. The molecule has 0 saturated carbocycles. The van der Waals surface area contributed by atoms with Gasteiger partial charge in [-0.2, -0.15) is 0 Å². The van der Waals surface area contributed by atoms with Crippen molar-refractivity contribution in [2.24, 2.45) is 0 Å². The van der Waals surface area contributed by atoms with E-state index in [1.807, 2.05) is 0 Å². The van der Waals surface area contributed by atoms with Crippen molar-refractivity contribution in [1.82, 2.24) is 14.7 Å². The van der Waals surface area contributed by atoms with Crippen LogP contribution in [0.1, 0.15) is 39.0 Å². The number of nitrogens with zero attached hydrogens (tertiary/aromatic N) is 3. The van der Waals surface area contributed by atoms with E-state index < -0.39 is 0 Å². The smallest absolute Gasteiger partial charge is 0.137 e. The minimum Gasteiger partial charge on any atom is -0.368 e. The first-order valence-electron chi connectivity index (χ1n) is 10.0. The average Bonchev–Trinajstić information content (AvgIpc) is 3.06. The maximum Gasteiger partial charge on any atom is 0.137 e. The first-order chi connectivity index (χ1) is 13.0.